The Hall–Kier alpha value is -2.65. The van der Waals surface area contributed by atoms with Crippen LogP contribution in [0.2, 0.25) is 0 Å². The summed E-state index contributed by atoms with van der Waals surface area (Å²) in [5.41, 5.74) is 2.85. The molecular formula is C18H21N5O. The Morgan fingerprint density at radius 2 is 2.12 bits per heavy atom. The molecule has 1 aliphatic carbocycles. The number of nitrogens with zero attached hydrogens (tertiary/aromatic N) is 4. The number of allylic oxidation sites excluding steroid dienone is 2. The van der Waals surface area contributed by atoms with Crippen LogP contribution < -0.4 is 10.2 Å². The van der Waals surface area contributed by atoms with Crippen LogP contribution in [0.4, 0.5) is 11.5 Å². The average Bonchev–Trinajstić information content (AvgIpc) is 2.63. The van der Waals surface area contributed by atoms with Crippen molar-refractivity contribution in [1.29, 1.82) is 5.26 Å². The highest BCUT2D eigenvalue weighted by Gasteiger charge is 2.19. The van der Waals surface area contributed by atoms with Crippen molar-refractivity contribution < 1.29 is 4.79 Å². The van der Waals surface area contributed by atoms with Crippen LogP contribution in [-0.4, -0.2) is 49.0 Å². The van der Waals surface area contributed by atoms with Crippen LogP contribution in [-0.2, 0) is 4.79 Å². The molecule has 3 rings (SSSR count). The molecule has 1 amide bonds. The number of piperazine rings is 1. The molecule has 6 nitrogen and oxygen atoms in total. The van der Waals surface area contributed by atoms with Gasteiger partial charge in [0.25, 0.3) is 0 Å². The number of hydrogen-bond acceptors (Lipinski definition) is 5. The van der Waals surface area contributed by atoms with Gasteiger partial charge in [-0.05, 0) is 36.6 Å². The van der Waals surface area contributed by atoms with Crippen LogP contribution in [0.25, 0.3) is 0 Å². The van der Waals surface area contributed by atoms with Crippen molar-refractivity contribution in [3.63, 3.8) is 0 Å². The van der Waals surface area contributed by atoms with Crippen LogP contribution in [0.3, 0.4) is 0 Å². The number of nitrogens with one attached hydrogen (secondary N) is 1. The van der Waals surface area contributed by atoms with E-state index in [0.29, 0.717) is 12.1 Å². The van der Waals surface area contributed by atoms with E-state index >= 15 is 0 Å². The summed E-state index contributed by atoms with van der Waals surface area (Å²) < 4.78 is 0. The number of anilines is 2. The Bertz CT molecular complexity index is 678. The zero-order valence-corrected chi connectivity index (χ0v) is 13.6. The fraction of sp³-hybridized carbons (Fsp3) is 0.389. The number of carbonyl (C=O) groups excluding carboxylic acids is 1. The quantitative estimate of drug-likeness (QED) is 0.839. The first-order valence-electron chi connectivity index (χ1n) is 8.22. The molecule has 1 aromatic rings. The predicted octanol–water partition coefficient (Wildman–Crippen LogP) is 1.94. The Morgan fingerprint density at radius 3 is 2.79 bits per heavy atom. The number of carbonyl (C=O) groups is 1. The van der Waals surface area contributed by atoms with Crippen molar-refractivity contribution in [3.8, 4) is 6.07 Å². The SMILES string of the molecule is N#CC1=CC(CN2CCN(c3ccc(NC=O)cn3)CC2)=CCC1. The maximum atomic E-state index is 10.4. The molecule has 6 heteroatoms. The van der Waals surface area contributed by atoms with Crippen molar-refractivity contribution in [2.75, 3.05) is 42.9 Å². The largest absolute Gasteiger partial charge is 0.354 e. The van der Waals surface area contributed by atoms with Gasteiger partial charge in [-0.1, -0.05) is 6.08 Å². The summed E-state index contributed by atoms with van der Waals surface area (Å²) in [4.78, 5) is 19.5. The fourth-order valence-corrected chi connectivity index (χ4v) is 3.09. The van der Waals surface area contributed by atoms with Gasteiger partial charge in [0.05, 0.1) is 18.0 Å². The van der Waals surface area contributed by atoms with Crippen molar-refractivity contribution in [1.82, 2.24) is 9.88 Å². The van der Waals surface area contributed by atoms with E-state index in [-0.39, 0.29) is 0 Å². The Balaban J connectivity index is 1.52. The van der Waals surface area contributed by atoms with E-state index in [0.717, 1.165) is 57.0 Å². The van der Waals surface area contributed by atoms with E-state index in [1.165, 1.54) is 5.57 Å². The zero-order valence-electron chi connectivity index (χ0n) is 13.6. The normalized spacial score (nSPS) is 18.4. The van der Waals surface area contributed by atoms with Gasteiger partial charge in [-0.25, -0.2) is 4.98 Å². The second-order valence-electron chi connectivity index (χ2n) is 6.03. The Kier molecular flexibility index (Phi) is 5.24. The van der Waals surface area contributed by atoms with Gasteiger partial charge in [0.15, 0.2) is 0 Å². The zero-order chi connectivity index (χ0) is 16.8. The van der Waals surface area contributed by atoms with Gasteiger partial charge in [0, 0.05) is 38.3 Å². The number of nitriles is 1. The van der Waals surface area contributed by atoms with E-state index in [4.69, 9.17) is 5.26 Å². The average molecular weight is 323 g/mol. The molecule has 0 aromatic carbocycles. The van der Waals surface area contributed by atoms with Gasteiger partial charge in [0.2, 0.25) is 6.41 Å². The summed E-state index contributed by atoms with van der Waals surface area (Å²) in [7, 11) is 0. The van der Waals surface area contributed by atoms with Crippen LogP contribution in [0.15, 0.2) is 41.6 Å². The third kappa shape index (κ3) is 4.00. The van der Waals surface area contributed by atoms with Gasteiger partial charge in [-0.3, -0.25) is 9.69 Å². The molecule has 0 saturated carbocycles. The van der Waals surface area contributed by atoms with E-state index in [9.17, 15) is 4.79 Å². The highest BCUT2D eigenvalue weighted by atomic mass is 16.1. The molecule has 0 unspecified atom stereocenters. The summed E-state index contributed by atoms with van der Waals surface area (Å²) in [6.07, 6.45) is 8.46. The fourth-order valence-electron chi connectivity index (χ4n) is 3.09. The third-order valence-corrected chi connectivity index (χ3v) is 4.40. The number of rotatable bonds is 5. The van der Waals surface area contributed by atoms with Gasteiger partial charge >= 0.3 is 0 Å². The molecule has 2 heterocycles. The minimum absolute atomic E-state index is 0.654. The number of hydrogen-bond donors (Lipinski definition) is 1. The van der Waals surface area contributed by atoms with Crippen molar-refractivity contribution in [3.05, 3.63) is 41.6 Å². The maximum Gasteiger partial charge on any atom is 0.211 e. The first kappa shape index (κ1) is 16.2. The molecule has 0 radical (unpaired) electrons. The molecule has 124 valence electrons. The third-order valence-electron chi connectivity index (χ3n) is 4.40. The molecule has 2 aliphatic rings. The summed E-state index contributed by atoms with van der Waals surface area (Å²) in [6, 6.07) is 6.07. The monoisotopic (exact) mass is 323 g/mol. The van der Waals surface area contributed by atoms with Gasteiger partial charge < -0.3 is 10.2 Å². The van der Waals surface area contributed by atoms with Crippen molar-refractivity contribution in [2.45, 2.75) is 12.8 Å². The second-order valence-corrected chi connectivity index (χ2v) is 6.03. The van der Waals surface area contributed by atoms with Crippen molar-refractivity contribution in [2.24, 2.45) is 0 Å². The van der Waals surface area contributed by atoms with Gasteiger partial charge in [-0.15, -0.1) is 0 Å². The lowest BCUT2D eigenvalue weighted by molar-refractivity contribution is -0.105. The van der Waals surface area contributed by atoms with E-state index in [2.05, 4.69) is 32.2 Å². The highest BCUT2D eigenvalue weighted by molar-refractivity contribution is 5.71. The predicted molar refractivity (Wildman–Crippen MR) is 93.6 cm³/mol. The van der Waals surface area contributed by atoms with E-state index in [1.54, 1.807) is 6.20 Å². The molecule has 1 N–H and O–H groups in total. The molecular weight excluding hydrogens is 302 g/mol. The first-order valence-corrected chi connectivity index (χ1v) is 8.22. The Morgan fingerprint density at radius 1 is 1.29 bits per heavy atom. The molecule has 1 aromatic heterocycles. The summed E-state index contributed by atoms with van der Waals surface area (Å²) in [6.45, 7) is 4.71. The lowest BCUT2D eigenvalue weighted by Gasteiger charge is -2.35. The molecule has 1 aliphatic heterocycles. The molecule has 24 heavy (non-hydrogen) atoms. The van der Waals surface area contributed by atoms with Gasteiger partial charge in [-0.2, -0.15) is 5.26 Å². The van der Waals surface area contributed by atoms with Crippen LogP contribution in [0.5, 0.6) is 0 Å². The summed E-state index contributed by atoms with van der Waals surface area (Å²) in [5.74, 6) is 0.939. The van der Waals surface area contributed by atoms with E-state index < -0.39 is 0 Å². The van der Waals surface area contributed by atoms with Gasteiger partial charge in [0.1, 0.15) is 5.82 Å². The van der Waals surface area contributed by atoms with Crippen LogP contribution in [0.1, 0.15) is 12.8 Å². The first-order chi connectivity index (χ1) is 11.8. The Labute approximate surface area is 142 Å². The molecule has 1 fully saturated rings. The standard InChI is InChI=1S/C18H21N5O/c19-11-15-2-1-3-16(10-15)13-22-6-8-23(9-7-22)18-5-4-17(12-20-18)21-14-24/h3-5,10,12,14H,1-2,6-9,13H2,(H,21,24). The highest BCUT2D eigenvalue weighted by Crippen LogP contribution is 2.19. The molecule has 0 bridgehead atoms. The number of pyridine rings is 1. The molecule has 0 spiro atoms. The molecule has 1 saturated heterocycles. The number of aromatic nitrogens is 1. The summed E-state index contributed by atoms with van der Waals surface area (Å²) >= 11 is 0. The maximum absolute atomic E-state index is 10.4. The van der Waals surface area contributed by atoms with E-state index in [1.807, 2.05) is 18.2 Å². The lowest BCUT2D eigenvalue weighted by atomic mass is 10.00. The lowest BCUT2D eigenvalue weighted by Crippen LogP contribution is -2.47. The minimum atomic E-state index is 0.654. The van der Waals surface area contributed by atoms with Crippen molar-refractivity contribution >= 4 is 17.9 Å². The number of amides is 1. The topological polar surface area (TPSA) is 72.3 Å². The minimum Gasteiger partial charge on any atom is -0.354 e. The van der Waals surface area contributed by atoms with Crippen LogP contribution >= 0.6 is 0 Å². The second kappa shape index (κ2) is 7.75. The summed E-state index contributed by atoms with van der Waals surface area (Å²) in [5, 5.41) is 11.6. The smallest absolute Gasteiger partial charge is 0.211 e. The van der Waals surface area contributed by atoms with Crippen LogP contribution in [0, 0.1) is 11.3 Å². The molecule has 0 atom stereocenters.